The molecule has 0 aliphatic carbocycles. The normalized spacial score (nSPS) is 17.5. The number of carbonyl (C=O) groups is 1. The van der Waals surface area contributed by atoms with Crippen molar-refractivity contribution in [3.8, 4) is 0 Å². The fourth-order valence-corrected chi connectivity index (χ4v) is 3.51. The van der Waals surface area contributed by atoms with Crippen molar-refractivity contribution in [1.82, 2.24) is 19.4 Å². The number of likely N-dealkylation sites (tertiary alicyclic amines) is 1. The summed E-state index contributed by atoms with van der Waals surface area (Å²) in [7, 11) is 1.88. The summed E-state index contributed by atoms with van der Waals surface area (Å²) in [4.78, 5) is 23.0. The van der Waals surface area contributed by atoms with E-state index in [4.69, 9.17) is 0 Å². The monoisotopic (exact) mass is 320 g/mol. The third kappa shape index (κ3) is 2.77. The van der Waals surface area contributed by atoms with E-state index in [9.17, 15) is 4.79 Å². The van der Waals surface area contributed by atoms with Crippen LogP contribution in [0.15, 0.2) is 49.1 Å². The van der Waals surface area contributed by atoms with Gasteiger partial charge < -0.3 is 9.47 Å². The molecule has 4 rings (SSSR count). The molecule has 0 N–H and O–H groups in total. The van der Waals surface area contributed by atoms with Crippen LogP contribution in [0.1, 0.15) is 22.5 Å². The van der Waals surface area contributed by atoms with E-state index in [2.05, 4.69) is 28.2 Å². The fraction of sp³-hybridized carbons (Fsp3) is 0.316. The summed E-state index contributed by atoms with van der Waals surface area (Å²) in [5.74, 6) is 0.529. The van der Waals surface area contributed by atoms with Crippen LogP contribution >= 0.6 is 0 Å². The first-order valence-corrected chi connectivity index (χ1v) is 8.30. The maximum absolute atomic E-state index is 12.5. The third-order valence-corrected chi connectivity index (χ3v) is 4.74. The Bertz CT molecular complexity index is 880. The van der Waals surface area contributed by atoms with Gasteiger partial charge in [-0.2, -0.15) is 0 Å². The van der Waals surface area contributed by atoms with Crippen LogP contribution in [0.5, 0.6) is 0 Å². The smallest absolute Gasteiger partial charge is 0.274 e. The lowest BCUT2D eigenvalue weighted by Crippen LogP contribution is -2.29. The van der Waals surface area contributed by atoms with E-state index >= 15 is 0 Å². The van der Waals surface area contributed by atoms with Crippen LogP contribution in [-0.4, -0.2) is 38.4 Å². The molecule has 122 valence electrons. The lowest BCUT2D eigenvalue weighted by Gasteiger charge is -2.15. The Morgan fingerprint density at radius 3 is 2.96 bits per heavy atom. The van der Waals surface area contributed by atoms with E-state index in [0.29, 0.717) is 11.6 Å². The number of aryl methyl sites for hydroxylation is 1. The van der Waals surface area contributed by atoms with Gasteiger partial charge in [0.2, 0.25) is 0 Å². The summed E-state index contributed by atoms with van der Waals surface area (Å²) >= 11 is 0. The van der Waals surface area contributed by atoms with Crippen LogP contribution in [0.2, 0.25) is 0 Å². The average molecular weight is 320 g/mol. The molecule has 1 aromatic carbocycles. The molecule has 3 heterocycles. The minimum Gasteiger partial charge on any atom is -0.340 e. The summed E-state index contributed by atoms with van der Waals surface area (Å²) in [6, 6.07) is 10.3. The Morgan fingerprint density at radius 1 is 1.25 bits per heavy atom. The highest BCUT2D eigenvalue weighted by Gasteiger charge is 2.28. The first kappa shape index (κ1) is 14.9. The van der Waals surface area contributed by atoms with Gasteiger partial charge in [0.15, 0.2) is 0 Å². The molecular weight excluding hydrogens is 300 g/mol. The molecular formula is C19H20N4O. The van der Waals surface area contributed by atoms with Gasteiger partial charge in [0.25, 0.3) is 5.91 Å². The van der Waals surface area contributed by atoms with Gasteiger partial charge >= 0.3 is 0 Å². The summed E-state index contributed by atoms with van der Waals surface area (Å²) in [5.41, 5.74) is 2.89. The number of hydrogen-bond donors (Lipinski definition) is 0. The number of fused-ring (bicyclic) bond motifs is 1. The van der Waals surface area contributed by atoms with Crippen molar-refractivity contribution in [2.45, 2.75) is 12.8 Å². The topological polar surface area (TPSA) is 51.0 Å². The first-order chi connectivity index (χ1) is 11.7. The van der Waals surface area contributed by atoms with Crippen molar-refractivity contribution in [1.29, 1.82) is 0 Å². The quantitative estimate of drug-likeness (QED) is 0.745. The molecule has 1 unspecified atom stereocenters. The van der Waals surface area contributed by atoms with Gasteiger partial charge in [0, 0.05) is 37.9 Å². The van der Waals surface area contributed by atoms with Crippen LogP contribution in [0.25, 0.3) is 10.9 Å². The Balaban J connectivity index is 1.48. The summed E-state index contributed by atoms with van der Waals surface area (Å²) in [6.07, 6.45) is 7.35. The third-order valence-electron chi connectivity index (χ3n) is 4.74. The lowest BCUT2D eigenvalue weighted by atomic mass is 9.96. The molecule has 3 aromatic rings. The van der Waals surface area contributed by atoms with E-state index < -0.39 is 0 Å². The van der Waals surface area contributed by atoms with Gasteiger partial charge in [0.05, 0.1) is 11.8 Å². The SMILES string of the molecule is Cn1cnc(C(=O)N2CCC(Cc3ccnc4ccccc34)C2)c1. The molecule has 1 atom stereocenters. The Hall–Kier alpha value is -2.69. The second kappa shape index (κ2) is 6.07. The van der Waals surface area contributed by atoms with Crippen molar-refractivity contribution in [2.24, 2.45) is 13.0 Å². The molecule has 2 aromatic heterocycles. The molecule has 1 fully saturated rings. The molecule has 1 aliphatic rings. The molecule has 0 saturated carbocycles. The number of hydrogen-bond acceptors (Lipinski definition) is 3. The van der Waals surface area contributed by atoms with Crippen molar-refractivity contribution in [2.75, 3.05) is 13.1 Å². The van der Waals surface area contributed by atoms with E-state index in [1.807, 2.05) is 34.8 Å². The van der Waals surface area contributed by atoms with Gasteiger partial charge in [-0.05, 0) is 36.5 Å². The molecule has 5 heteroatoms. The number of nitrogens with zero attached hydrogens (tertiary/aromatic N) is 4. The van der Waals surface area contributed by atoms with Crippen LogP contribution < -0.4 is 0 Å². The Labute approximate surface area is 140 Å². The zero-order valence-electron chi connectivity index (χ0n) is 13.7. The molecule has 1 saturated heterocycles. The molecule has 1 aliphatic heterocycles. The molecule has 5 nitrogen and oxygen atoms in total. The number of imidazole rings is 1. The minimum absolute atomic E-state index is 0.0395. The van der Waals surface area contributed by atoms with Crippen molar-refractivity contribution in [3.63, 3.8) is 0 Å². The van der Waals surface area contributed by atoms with Crippen molar-refractivity contribution in [3.05, 3.63) is 60.3 Å². The molecule has 24 heavy (non-hydrogen) atoms. The molecule has 1 amide bonds. The predicted octanol–water partition coefficient (Wildman–Crippen LogP) is 2.67. The van der Waals surface area contributed by atoms with Gasteiger partial charge in [-0.1, -0.05) is 18.2 Å². The van der Waals surface area contributed by atoms with E-state index in [1.54, 1.807) is 12.5 Å². The number of rotatable bonds is 3. The maximum atomic E-state index is 12.5. The van der Waals surface area contributed by atoms with E-state index in [-0.39, 0.29) is 5.91 Å². The predicted molar refractivity (Wildman–Crippen MR) is 92.7 cm³/mol. The Morgan fingerprint density at radius 2 is 2.12 bits per heavy atom. The number of para-hydroxylation sites is 1. The maximum Gasteiger partial charge on any atom is 0.274 e. The standard InChI is InChI=1S/C19H20N4O/c1-22-12-18(21-13-22)19(24)23-9-7-14(11-23)10-15-6-8-20-17-5-3-2-4-16(15)17/h2-6,8,12-14H,7,9-11H2,1H3. The van der Waals surface area contributed by atoms with E-state index in [1.165, 1.54) is 10.9 Å². The first-order valence-electron chi connectivity index (χ1n) is 8.30. The summed E-state index contributed by atoms with van der Waals surface area (Å²) < 4.78 is 1.81. The molecule has 0 spiro atoms. The largest absolute Gasteiger partial charge is 0.340 e. The van der Waals surface area contributed by atoms with Gasteiger partial charge in [-0.15, -0.1) is 0 Å². The van der Waals surface area contributed by atoms with Crippen LogP contribution in [-0.2, 0) is 13.5 Å². The van der Waals surface area contributed by atoms with Crippen molar-refractivity contribution >= 4 is 16.8 Å². The zero-order chi connectivity index (χ0) is 16.5. The molecule has 0 bridgehead atoms. The van der Waals surface area contributed by atoms with Crippen LogP contribution in [0, 0.1) is 5.92 Å². The summed E-state index contributed by atoms with van der Waals surface area (Å²) in [5, 5.41) is 1.22. The number of pyridine rings is 1. The highest BCUT2D eigenvalue weighted by molar-refractivity contribution is 5.92. The average Bonchev–Trinajstić information content (AvgIpc) is 3.24. The second-order valence-corrected chi connectivity index (χ2v) is 6.52. The minimum atomic E-state index is 0.0395. The van der Waals surface area contributed by atoms with Crippen LogP contribution in [0.4, 0.5) is 0 Å². The van der Waals surface area contributed by atoms with Gasteiger partial charge in [-0.25, -0.2) is 4.98 Å². The van der Waals surface area contributed by atoms with Gasteiger partial charge in [-0.3, -0.25) is 9.78 Å². The van der Waals surface area contributed by atoms with E-state index in [0.717, 1.165) is 31.4 Å². The number of amides is 1. The number of benzene rings is 1. The van der Waals surface area contributed by atoms with Crippen molar-refractivity contribution < 1.29 is 4.79 Å². The lowest BCUT2D eigenvalue weighted by molar-refractivity contribution is 0.0782. The summed E-state index contributed by atoms with van der Waals surface area (Å²) in [6.45, 7) is 1.61. The zero-order valence-corrected chi connectivity index (χ0v) is 13.7. The Kier molecular flexibility index (Phi) is 3.76. The van der Waals surface area contributed by atoms with Crippen LogP contribution in [0.3, 0.4) is 0 Å². The number of aromatic nitrogens is 3. The van der Waals surface area contributed by atoms with Gasteiger partial charge in [0.1, 0.15) is 5.69 Å². The number of carbonyl (C=O) groups excluding carboxylic acids is 1. The second-order valence-electron chi connectivity index (χ2n) is 6.52. The molecule has 0 radical (unpaired) electrons. The fourth-order valence-electron chi connectivity index (χ4n) is 3.51. The highest BCUT2D eigenvalue weighted by Crippen LogP contribution is 2.25. The highest BCUT2D eigenvalue weighted by atomic mass is 16.2.